The molecule has 1 amide bonds. The SMILES string of the molecule is O=C1CC(c2cncc(Br)c2)NN1. The number of nitrogens with one attached hydrogen (secondary N) is 2. The molecule has 13 heavy (non-hydrogen) atoms. The first-order valence-electron chi connectivity index (χ1n) is 3.90. The number of halogens is 1. The van der Waals surface area contributed by atoms with Crippen LogP contribution in [-0.4, -0.2) is 10.9 Å². The van der Waals surface area contributed by atoms with Crippen LogP contribution in [0.3, 0.4) is 0 Å². The molecular weight excluding hydrogens is 234 g/mol. The Bertz CT molecular complexity index is 342. The minimum Gasteiger partial charge on any atom is -0.291 e. The van der Waals surface area contributed by atoms with Gasteiger partial charge in [0.2, 0.25) is 5.91 Å². The Morgan fingerprint density at radius 2 is 2.38 bits per heavy atom. The molecule has 0 aromatic carbocycles. The van der Waals surface area contributed by atoms with Gasteiger partial charge in [0.15, 0.2) is 0 Å². The molecule has 1 aromatic heterocycles. The number of hydrogen-bond acceptors (Lipinski definition) is 3. The van der Waals surface area contributed by atoms with Crippen molar-refractivity contribution < 1.29 is 4.79 Å². The number of hydrazine groups is 1. The van der Waals surface area contributed by atoms with Crippen molar-refractivity contribution in [3.8, 4) is 0 Å². The third-order valence-corrected chi connectivity index (χ3v) is 2.34. The predicted octanol–water partition coefficient (Wildman–Crippen LogP) is 0.910. The van der Waals surface area contributed by atoms with Crippen molar-refractivity contribution >= 4 is 21.8 Å². The molecule has 2 heterocycles. The highest BCUT2D eigenvalue weighted by Crippen LogP contribution is 2.21. The summed E-state index contributed by atoms with van der Waals surface area (Å²) in [5.41, 5.74) is 6.45. The third kappa shape index (κ3) is 1.87. The van der Waals surface area contributed by atoms with Crippen molar-refractivity contribution in [2.75, 3.05) is 0 Å². The summed E-state index contributed by atoms with van der Waals surface area (Å²) in [7, 11) is 0. The van der Waals surface area contributed by atoms with Crippen LogP contribution in [0.2, 0.25) is 0 Å². The van der Waals surface area contributed by atoms with Gasteiger partial charge in [-0.2, -0.15) is 0 Å². The van der Waals surface area contributed by atoms with E-state index in [9.17, 15) is 4.79 Å². The molecule has 1 atom stereocenters. The molecule has 0 saturated carbocycles. The number of rotatable bonds is 1. The van der Waals surface area contributed by atoms with Crippen LogP contribution in [0.4, 0.5) is 0 Å². The lowest BCUT2D eigenvalue weighted by Crippen LogP contribution is -2.27. The van der Waals surface area contributed by atoms with Crippen molar-refractivity contribution in [1.82, 2.24) is 15.8 Å². The Hall–Kier alpha value is -0.940. The molecule has 1 fully saturated rings. The zero-order chi connectivity index (χ0) is 9.26. The summed E-state index contributed by atoms with van der Waals surface area (Å²) in [4.78, 5) is 14.9. The van der Waals surface area contributed by atoms with E-state index in [1.807, 2.05) is 6.07 Å². The van der Waals surface area contributed by atoms with Gasteiger partial charge in [0.1, 0.15) is 0 Å². The van der Waals surface area contributed by atoms with Crippen LogP contribution < -0.4 is 10.9 Å². The molecule has 1 aliphatic rings. The molecule has 1 aromatic rings. The average molecular weight is 242 g/mol. The number of aromatic nitrogens is 1. The first kappa shape index (κ1) is 8.65. The van der Waals surface area contributed by atoms with Gasteiger partial charge < -0.3 is 0 Å². The smallest absolute Gasteiger partial charge is 0.236 e. The first-order chi connectivity index (χ1) is 6.25. The molecule has 5 heteroatoms. The standard InChI is InChI=1S/C8H8BrN3O/c9-6-1-5(3-10-4-6)7-2-8(13)12-11-7/h1,3-4,7,11H,2H2,(H,12,13). The summed E-state index contributed by atoms with van der Waals surface area (Å²) in [5.74, 6) is 0.0185. The maximum atomic E-state index is 10.9. The van der Waals surface area contributed by atoms with Crippen LogP contribution in [0.25, 0.3) is 0 Å². The fourth-order valence-corrected chi connectivity index (χ4v) is 1.66. The van der Waals surface area contributed by atoms with Crippen molar-refractivity contribution in [2.24, 2.45) is 0 Å². The Labute approximate surface area is 83.8 Å². The van der Waals surface area contributed by atoms with E-state index in [2.05, 4.69) is 31.8 Å². The van der Waals surface area contributed by atoms with Gasteiger partial charge in [-0.15, -0.1) is 0 Å². The van der Waals surface area contributed by atoms with E-state index < -0.39 is 0 Å². The summed E-state index contributed by atoms with van der Waals surface area (Å²) in [6.07, 6.45) is 3.94. The van der Waals surface area contributed by atoms with Gasteiger partial charge in [0.25, 0.3) is 0 Å². The molecule has 1 aliphatic heterocycles. The van der Waals surface area contributed by atoms with Crippen molar-refractivity contribution in [1.29, 1.82) is 0 Å². The van der Waals surface area contributed by atoms with E-state index in [1.54, 1.807) is 12.4 Å². The predicted molar refractivity (Wildman–Crippen MR) is 50.6 cm³/mol. The Morgan fingerprint density at radius 3 is 3.00 bits per heavy atom. The third-order valence-electron chi connectivity index (χ3n) is 1.90. The largest absolute Gasteiger partial charge is 0.291 e. The highest BCUT2D eigenvalue weighted by molar-refractivity contribution is 9.10. The minimum absolute atomic E-state index is 0.0185. The maximum absolute atomic E-state index is 10.9. The fourth-order valence-electron chi connectivity index (χ4n) is 1.28. The summed E-state index contributed by atoms with van der Waals surface area (Å²) in [5, 5.41) is 0. The molecule has 2 N–H and O–H groups in total. The van der Waals surface area contributed by atoms with Crippen LogP contribution in [0, 0.1) is 0 Å². The maximum Gasteiger partial charge on any atom is 0.236 e. The lowest BCUT2D eigenvalue weighted by Gasteiger charge is -2.07. The monoisotopic (exact) mass is 241 g/mol. The van der Waals surface area contributed by atoms with Crippen LogP contribution in [-0.2, 0) is 4.79 Å². The highest BCUT2D eigenvalue weighted by atomic mass is 79.9. The summed E-state index contributed by atoms with van der Waals surface area (Å²) >= 11 is 3.33. The molecule has 0 aliphatic carbocycles. The molecule has 2 rings (SSSR count). The van der Waals surface area contributed by atoms with Crippen molar-refractivity contribution in [3.63, 3.8) is 0 Å². The number of carbonyl (C=O) groups excluding carboxylic acids is 1. The number of nitrogens with zero attached hydrogens (tertiary/aromatic N) is 1. The van der Waals surface area contributed by atoms with Crippen LogP contribution in [0.15, 0.2) is 22.9 Å². The quantitative estimate of drug-likeness (QED) is 0.769. The summed E-state index contributed by atoms with van der Waals surface area (Å²) in [6.45, 7) is 0. The Kier molecular flexibility index (Phi) is 2.28. The number of amides is 1. The Morgan fingerprint density at radius 1 is 1.54 bits per heavy atom. The molecule has 1 unspecified atom stereocenters. The summed E-state index contributed by atoms with van der Waals surface area (Å²) in [6, 6.07) is 1.99. The fraction of sp³-hybridized carbons (Fsp3) is 0.250. The molecule has 1 saturated heterocycles. The second kappa shape index (κ2) is 3.43. The minimum atomic E-state index is 0.0185. The van der Waals surface area contributed by atoms with Crippen molar-refractivity contribution in [3.05, 3.63) is 28.5 Å². The number of pyridine rings is 1. The van der Waals surface area contributed by atoms with Gasteiger partial charge in [-0.05, 0) is 27.6 Å². The van der Waals surface area contributed by atoms with E-state index >= 15 is 0 Å². The van der Waals surface area contributed by atoms with E-state index in [-0.39, 0.29) is 11.9 Å². The molecule has 68 valence electrons. The van der Waals surface area contributed by atoms with Gasteiger partial charge in [0.05, 0.1) is 6.04 Å². The van der Waals surface area contributed by atoms with E-state index in [1.165, 1.54) is 0 Å². The molecular formula is C8H8BrN3O. The summed E-state index contributed by atoms with van der Waals surface area (Å²) < 4.78 is 0.922. The molecule has 0 radical (unpaired) electrons. The lowest BCUT2D eigenvalue weighted by atomic mass is 10.1. The zero-order valence-corrected chi connectivity index (χ0v) is 8.34. The zero-order valence-electron chi connectivity index (χ0n) is 6.75. The Balaban J connectivity index is 2.21. The highest BCUT2D eigenvalue weighted by Gasteiger charge is 2.22. The van der Waals surface area contributed by atoms with Crippen LogP contribution in [0.5, 0.6) is 0 Å². The molecule has 4 nitrogen and oxygen atoms in total. The van der Waals surface area contributed by atoms with E-state index in [0.29, 0.717) is 6.42 Å². The van der Waals surface area contributed by atoms with Crippen LogP contribution in [0.1, 0.15) is 18.0 Å². The number of carbonyl (C=O) groups is 1. The molecule has 0 bridgehead atoms. The van der Waals surface area contributed by atoms with E-state index in [0.717, 1.165) is 10.0 Å². The second-order valence-electron chi connectivity index (χ2n) is 2.89. The first-order valence-corrected chi connectivity index (χ1v) is 4.70. The normalized spacial score (nSPS) is 21.6. The number of hydrogen-bond donors (Lipinski definition) is 2. The van der Waals surface area contributed by atoms with Crippen molar-refractivity contribution in [2.45, 2.75) is 12.5 Å². The van der Waals surface area contributed by atoms with Crippen LogP contribution >= 0.6 is 15.9 Å². The van der Waals surface area contributed by atoms with Gasteiger partial charge in [-0.3, -0.25) is 15.2 Å². The van der Waals surface area contributed by atoms with Gasteiger partial charge in [-0.25, -0.2) is 5.43 Å². The average Bonchev–Trinajstić information content (AvgIpc) is 2.52. The second-order valence-corrected chi connectivity index (χ2v) is 3.80. The van der Waals surface area contributed by atoms with E-state index in [4.69, 9.17) is 0 Å². The molecule has 0 spiro atoms. The van der Waals surface area contributed by atoms with Gasteiger partial charge >= 0.3 is 0 Å². The van der Waals surface area contributed by atoms with Gasteiger partial charge in [-0.1, -0.05) is 0 Å². The van der Waals surface area contributed by atoms with Gasteiger partial charge in [0, 0.05) is 23.3 Å². The lowest BCUT2D eigenvalue weighted by molar-refractivity contribution is -0.119. The topological polar surface area (TPSA) is 54.0 Å².